The second-order valence-corrected chi connectivity index (χ2v) is 4.40. The van der Waals surface area contributed by atoms with E-state index < -0.39 is 57.8 Å². The molecule has 0 radical (unpaired) electrons. The van der Waals surface area contributed by atoms with Crippen LogP contribution in [0.2, 0.25) is 0 Å². The van der Waals surface area contributed by atoms with Crippen LogP contribution in [0, 0.1) is 6.43 Å². The minimum atomic E-state index is -3.90. The summed E-state index contributed by atoms with van der Waals surface area (Å²) in [6, 6.07) is 0. The van der Waals surface area contributed by atoms with Crippen molar-refractivity contribution in [3.8, 4) is 0 Å². The predicted octanol–water partition coefficient (Wildman–Crippen LogP) is 0.217. The first kappa shape index (κ1) is 29.1. The molecule has 14 heteroatoms. The van der Waals surface area contributed by atoms with Crippen molar-refractivity contribution in [2.45, 2.75) is 18.3 Å². The summed E-state index contributed by atoms with van der Waals surface area (Å²) in [6.07, 6.45) is -7.94. The zero-order valence-electron chi connectivity index (χ0n) is 13.8. The Labute approximate surface area is 140 Å². The maximum absolute atomic E-state index is 11.6. The van der Waals surface area contributed by atoms with E-state index in [2.05, 4.69) is 19.1 Å². The van der Waals surface area contributed by atoms with Crippen LogP contribution >= 0.6 is 0 Å². The molecule has 0 amide bonds. The van der Waals surface area contributed by atoms with Gasteiger partial charge in [0.15, 0.2) is 0 Å². The summed E-state index contributed by atoms with van der Waals surface area (Å²) in [5.41, 5.74) is 0. The summed E-state index contributed by atoms with van der Waals surface area (Å²) in [4.78, 5) is 3.51. The molecule has 0 saturated carbocycles. The van der Waals surface area contributed by atoms with Gasteiger partial charge in [-0.15, -0.1) is 0 Å². The smallest absolute Gasteiger partial charge is 0.376 e. The molecule has 0 spiro atoms. The van der Waals surface area contributed by atoms with Gasteiger partial charge in [-0.05, 0) is 6.61 Å². The van der Waals surface area contributed by atoms with E-state index in [0.29, 0.717) is 0 Å². The van der Waals surface area contributed by atoms with E-state index in [1.54, 1.807) is 0 Å². The van der Waals surface area contributed by atoms with E-state index in [4.69, 9.17) is 20.6 Å². The predicted molar refractivity (Wildman–Crippen MR) is 71.7 cm³/mol. The van der Waals surface area contributed by atoms with Gasteiger partial charge in [0, 0.05) is 6.43 Å². The third-order valence-electron chi connectivity index (χ3n) is 1.91. The van der Waals surface area contributed by atoms with E-state index >= 15 is 0 Å². The number of ether oxygens (including phenoxy) is 3. The van der Waals surface area contributed by atoms with Gasteiger partial charge >= 0.3 is 6.11 Å². The van der Waals surface area contributed by atoms with Crippen LogP contribution in [0.1, 0.15) is 0 Å². The Balaban J connectivity index is -0.000000393. The van der Waals surface area contributed by atoms with E-state index in [0.717, 1.165) is 0 Å². The van der Waals surface area contributed by atoms with Crippen molar-refractivity contribution in [1.82, 2.24) is 0 Å². The molecule has 8 nitrogen and oxygen atoms in total. The maximum atomic E-state index is 11.6. The van der Waals surface area contributed by atoms with Crippen LogP contribution in [0.3, 0.4) is 0 Å². The zero-order chi connectivity index (χ0) is 19.7. The maximum Gasteiger partial charge on any atom is 0.376 e. The molecule has 0 saturated heterocycles. The van der Waals surface area contributed by atoms with E-state index in [1.165, 1.54) is 0 Å². The number of alkyl halides is 3. The van der Waals surface area contributed by atoms with Gasteiger partial charge in [-0.25, -0.2) is 9.28 Å². The number of hydrogen-bond donors (Lipinski definition) is 4. The fourth-order valence-corrected chi connectivity index (χ4v) is 1.05. The monoisotopic (exact) mass is 656 g/mol. The fraction of sp³-hybridized carbons (Fsp3) is 0.917. The van der Waals surface area contributed by atoms with Gasteiger partial charge < -0.3 is 38.3 Å². The minimum absolute atomic E-state index is 0. The summed E-state index contributed by atoms with van der Waals surface area (Å²) in [5, 5.41) is 33.3. The van der Waals surface area contributed by atoms with Gasteiger partial charge in [0.05, 0.1) is 26.4 Å². The van der Waals surface area contributed by atoms with Crippen LogP contribution in [-0.2, 0) is 19.1 Å². The summed E-state index contributed by atoms with van der Waals surface area (Å²) in [5.74, 6) is 0. The van der Waals surface area contributed by atoms with Crippen LogP contribution in [0.25, 0.3) is 0 Å². The number of aliphatic hydroxyl groups is 3. The van der Waals surface area contributed by atoms with Crippen LogP contribution in [-0.4, -0.2) is 91.8 Å². The average molecular weight is 656 g/mol. The Morgan fingerprint density at radius 3 is 1.88 bits per heavy atom. The van der Waals surface area contributed by atoms with Crippen molar-refractivity contribution in [1.29, 1.82) is 0 Å². The first-order chi connectivity index (χ1) is 11.6. The van der Waals surface area contributed by atoms with Gasteiger partial charge in [-0.2, -0.15) is 8.78 Å². The standard InChI is InChI=1S/C7H12F3O3.C5H10F2O5.Rf/c8-1-2-12-3-6(11)4-13-5-7(9)10;6-5(7,9)3-11-1-4(8)2-12-10;/h6,11H,1-5H2;4,8-10H,1-3H2;/q-1;;. The minimum Gasteiger partial charge on any atom is -0.419 e. The molecule has 0 rings (SSSR count). The zero-order valence-corrected chi connectivity index (χ0v) is 20.2. The molecule has 0 aromatic rings. The average Bonchev–Trinajstić information content (AvgIpc) is 2.46. The molecule has 0 aliphatic heterocycles. The molecule has 0 aromatic carbocycles. The van der Waals surface area contributed by atoms with E-state index in [-0.39, 0.29) is 19.8 Å². The summed E-state index contributed by atoms with van der Waals surface area (Å²) >= 11 is 0. The summed E-state index contributed by atoms with van der Waals surface area (Å²) in [7, 11) is 0. The summed E-state index contributed by atoms with van der Waals surface area (Å²) < 4.78 is 70.7. The quantitative estimate of drug-likeness (QED) is 0.0691. The number of aliphatic hydroxyl groups excluding tert-OH is 2. The number of hydrogen-bond acceptors (Lipinski definition) is 8. The van der Waals surface area contributed by atoms with Crippen LogP contribution in [0.4, 0.5) is 22.0 Å². The van der Waals surface area contributed by atoms with Crippen LogP contribution in [0.15, 0.2) is 0 Å². The van der Waals surface area contributed by atoms with Crippen molar-refractivity contribution in [3.05, 3.63) is 6.43 Å². The second kappa shape index (κ2) is 18.1. The van der Waals surface area contributed by atoms with Crippen molar-refractivity contribution >= 4 is 0 Å². The van der Waals surface area contributed by atoms with Crippen molar-refractivity contribution in [2.24, 2.45) is 0 Å². The molecule has 26 heavy (non-hydrogen) atoms. The van der Waals surface area contributed by atoms with Gasteiger partial charge in [-0.3, -0.25) is 5.26 Å². The third kappa shape index (κ3) is 27.2. The number of rotatable bonds is 14. The fourth-order valence-electron chi connectivity index (χ4n) is 1.05. The van der Waals surface area contributed by atoms with Crippen molar-refractivity contribution < 1.29 is 61.6 Å². The molecular weight excluding hydrogens is 634 g/mol. The Hall–Kier alpha value is -1.67. The normalized spacial score (nSPS) is 13.6. The number of halogens is 5. The van der Waals surface area contributed by atoms with Gasteiger partial charge in [-0.1, -0.05) is 0 Å². The van der Waals surface area contributed by atoms with Crippen molar-refractivity contribution in [3.63, 3.8) is 0 Å². The van der Waals surface area contributed by atoms with E-state index in [1.807, 2.05) is 0 Å². The van der Waals surface area contributed by atoms with E-state index in [9.17, 15) is 22.0 Å². The molecule has 0 fully saturated rings. The molecule has 0 aliphatic rings. The molecule has 4 N–H and O–H groups in total. The van der Waals surface area contributed by atoms with Gasteiger partial charge in [0.1, 0.15) is 32.1 Å². The molecular formula is C12H22F5O8Rf-. The topological polar surface area (TPSA) is 118 Å². The molecule has 156 valence electrons. The molecule has 2 unspecified atom stereocenters. The van der Waals surface area contributed by atoms with Crippen LogP contribution in [0.5, 0.6) is 0 Å². The molecule has 0 aliphatic carbocycles. The molecule has 2 atom stereocenters. The Morgan fingerprint density at radius 1 is 0.923 bits per heavy atom. The van der Waals surface area contributed by atoms with Crippen LogP contribution < -0.4 is 0 Å². The summed E-state index contributed by atoms with van der Waals surface area (Å²) in [6.45, 7) is -3.98. The molecule has 0 bridgehead atoms. The molecule has 0 heterocycles. The van der Waals surface area contributed by atoms with Crippen molar-refractivity contribution in [2.75, 3.05) is 52.9 Å². The van der Waals surface area contributed by atoms with Gasteiger partial charge in [0.2, 0.25) is 0 Å². The largest absolute Gasteiger partial charge is 0.419 e. The first-order valence-electron chi connectivity index (χ1n) is 6.81. The molecule has 0 aromatic heterocycles. The Kier molecular flexibility index (Phi) is 20.3. The third-order valence-corrected chi connectivity index (χ3v) is 1.91. The Morgan fingerprint density at radius 2 is 1.42 bits per heavy atom. The second-order valence-electron chi connectivity index (χ2n) is 4.40. The first-order valence-corrected chi connectivity index (χ1v) is 6.81. The Bertz CT molecular complexity index is 289. The van der Waals surface area contributed by atoms with Gasteiger partial charge in [0.25, 0.3) is 0 Å². The SMILES string of the molecule is OC(COCCF)COC[C-](F)F.OOCC(O)COCC(O)(F)F.[Rf].